The molecule has 0 radical (unpaired) electrons. The summed E-state index contributed by atoms with van der Waals surface area (Å²) in [5, 5.41) is 0.721. The number of nitrogen functional groups attached to an aromatic ring is 1. The van der Waals surface area contributed by atoms with Gasteiger partial charge in [-0.2, -0.15) is 4.98 Å². The summed E-state index contributed by atoms with van der Waals surface area (Å²) in [7, 11) is 0. The zero-order valence-corrected chi connectivity index (χ0v) is 15.0. The van der Waals surface area contributed by atoms with E-state index in [-0.39, 0.29) is 5.88 Å². The van der Waals surface area contributed by atoms with E-state index in [9.17, 15) is 0 Å². The van der Waals surface area contributed by atoms with Crippen LogP contribution in [0.5, 0.6) is 11.6 Å². The Labute approximate surface area is 155 Å². The second kappa shape index (κ2) is 6.31. The van der Waals surface area contributed by atoms with Crippen LogP contribution in [0.15, 0.2) is 49.1 Å². The molecule has 130 valence electrons. The first-order valence-corrected chi connectivity index (χ1v) is 8.40. The Bertz CT molecular complexity index is 1100. The SMILES string of the molecule is Cc1cc(Oc2ncnc(-n3cnc4ccccc43)c2N)cc(C)c1Cl. The molecular weight excluding hydrogens is 350 g/mol. The number of imidazole rings is 1. The van der Waals surface area contributed by atoms with Crippen molar-refractivity contribution in [3.63, 3.8) is 0 Å². The van der Waals surface area contributed by atoms with Gasteiger partial charge in [-0.1, -0.05) is 23.7 Å². The number of aromatic nitrogens is 4. The van der Waals surface area contributed by atoms with Crippen molar-refractivity contribution in [2.24, 2.45) is 0 Å². The van der Waals surface area contributed by atoms with Crippen LogP contribution in [0.25, 0.3) is 16.9 Å². The molecule has 26 heavy (non-hydrogen) atoms. The Morgan fingerprint density at radius 3 is 2.54 bits per heavy atom. The number of fused-ring (bicyclic) bond motifs is 1. The third-order valence-electron chi connectivity index (χ3n) is 4.13. The van der Waals surface area contributed by atoms with Gasteiger partial charge in [-0.25, -0.2) is 9.97 Å². The summed E-state index contributed by atoms with van der Waals surface area (Å²) >= 11 is 6.22. The minimum absolute atomic E-state index is 0.286. The van der Waals surface area contributed by atoms with E-state index in [4.69, 9.17) is 22.1 Å². The third kappa shape index (κ3) is 2.74. The van der Waals surface area contributed by atoms with Crippen LogP contribution in [0.1, 0.15) is 11.1 Å². The Balaban J connectivity index is 1.77. The Hall–Kier alpha value is -3.12. The molecule has 4 rings (SSSR count). The van der Waals surface area contributed by atoms with Gasteiger partial charge in [0.2, 0.25) is 5.88 Å². The van der Waals surface area contributed by atoms with Gasteiger partial charge in [0, 0.05) is 5.02 Å². The predicted molar refractivity (Wildman–Crippen MR) is 102 cm³/mol. The fourth-order valence-corrected chi connectivity index (χ4v) is 2.96. The summed E-state index contributed by atoms with van der Waals surface area (Å²) in [6.07, 6.45) is 3.11. The second-order valence-corrected chi connectivity index (χ2v) is 6.37. The highest BCUT2D eigenvalue weighted by Crippen LogP contribution is 2.32. The summed E-state index contributed by atoms with van der Waals surface area (Å²) in [5.74, 6) is 1.43. The van der Waals surface area contributed by atoms with Crippen LogP contribution in [-0.2, 0) is 0 Å². The number of anilines is 1. The Morgan fingerprint density at radius 2 is 1.77 bits per heavy atom. The fraction of sp³-hybridized carbons (Fsp3) is 0.105. The lowest BCUT2D eigenvalue weighted by molar-refractivity contribution is 0.463. The molecule has 0 aliphatic heterocycles. The number of hydrogen-bond donors (Lipinski definition) is 1. The van der Waals surface area contributed by atoms with Gasteiger partial charge in [0.15, 0.2) is 5.82 Å². The van der Waals surface area contributed by atoms with Crippen molar-refractivity contribution in [3.8, 4) is 17.4 Å². The maximum Gasteiger partial charge on any atom is 0.248 e. The number of hydrogen-bond acceptors (Lipinski definition) is 5. The largest absolute Gasteiger partial charge is 0.437 e. The fourth-order valence-electron chi connectivity index (χ4n) is 2.85. The number of nitrogens with two attached hydrogens (primary N) is 1. The number of para-hydroxylation sites is 2. The number of ether oxygens (including phenoxy) is 1. The molecule has 7 heteroatoms. The highest BCUT2D eigenvalue weighted by molar-refractivity contribution is 6.32. The van der Waals surface area contributed by atoms with Gasteiger partial charge in [0.05, 0.1) is 11.0 Å². The van der Waals surface area contributed by atoms with Crippen LogP contribution in [0.2, 0.25) is 5.02 Å². The van der Waals surface area contributed by atoms with E-state index in [0.717, 1.165) is 27.2 Å². The van der Waals surface area contributed by atoms with Crippen LogP contribution in [-0.4, -0.2) is 19.5 Å². The first-order valence-electron chi connectivity index (χ1n) is 8.02. The molecule has 0 bridgehead atoms. The van der Waals surface area contributed by atoms with E-state index in [1.807, 2.05) is 54.8 Å². The van der Waals surface area contributed by atoms with Gasteiger partial charge in [0.25, 0.3) is 0 Å². The molecule has 2 N–H and O–H groups in total. The van der Waals surface area contributed by atoms with Crippen molar-refractivity contribution in [3.05, 3.63) is 65.2 Å². The number of aryl methyl sites for hydroxylation is 2. The lowest BCUT2D eigenvalue weighted by Crippen LogP contribution is -2.05. The lowest BCUT2D eigenvalue weighted by Gasteiger charge is -2.12. The number of nitrogens with zero attached hydrogens (tertiary/aromatic N) is 4. The number of rotatable bonds is 3. The average molecular weight is 366 g/mol. The molecular formula is C19H16ClN5O. The van der Waals surface area contributed by atoms with Crippen LogP contribution in [0.3, 0.4) is 0 Å². The monoisotopic (exact) mass is 365 g/mol. The molecule has 0 amide bonds. The summed E-state index contributed by atoms with van der Waals surface area (Å²) in [4.78, 5) is 12.9. The van der Waals surface area contributed by atoms with Crippen molar-refractivity contribution in [1.29, 1.82) is 0 Å². The quantitative estimate of drug-likeness (QED) is 0.579. The summed E-state index contributed by atoms with van der Waals surface area (Å²) in [5.41, 5.74) is 10.2. The zero-order valence-electron chi connectivity index (χ0n) is 14.3. The maximum atomic E-state index is 6.29. The molecule has 0 aliphatic carbocycles. The highest BCUT2D eigenvalue weighted by Gasteiger charge is 2.15. The molecule has 2 aromatic heterocycles. The van der Waals surface area contributed by atoms with Crippen molar-refractivity contribution < 1.29 is 4.74 Å². The Kier molecular flexibility index (Phi) is 3.97. The normalized spacial score (nSPS) is 11.0. The lowest BCUT2D eigenvalue weighted by atomic mass is 10.1. The second-order valence-electron chi connectivity index (χ2n) is 5.99. The number of halogens is 1. The first kappa shape index (κ1) is 16.4. The molecule has 0 aliphatic rings. The number of benzene rings is 2. The van der Waals surface area contributed by atoms with Crippen LogP contribution >= 0.6 is 11.6 Å². The molecule has 0 saturated carbocycles. The molecule has 4 aromatic rings. The average Bonchev–Trinajstić information content (AvgIpc) is 3.05. The molecule has 0 atom stereocenters. The van der Waals surface area contributed by atoms with E-state index in [0.29, 0.717) is 17.3 Å². The highest BCUT2D eigenvalue weighted by atomic mass is 35.5. The van der Waals surface area contributed by atoms with Crippen molar-refractivity contribution in [2.75, 3.05) is 5.73 Å². The van der Waals surface area contributed by atoms with Gasteiger partial charge in [0.1, 0.15) is 24.1 Å². The summed E-state index contributed by atoms with van der Waals surface area (Å²) in [6, 6.07) is 11.5. The minimum Gasteiger partial charge on any atom is -0.437 e. The third-order valence-corrected chi connectivity index (χ3v) is 4.73. The molecule has 6 nitrogen and oxygen atoms in total. The minimum atomic E-state index is 0.286. The van der Waals surface area contributed by atoms with Crippen molar-refractivity contribution in [1.82, 2.24) is 19.5 Å². The van der Waals surface area contributed by atoms with Crippen LogP contribution in [0, 0.1) is 13.8 Å². The zero-order chi connectivity index (χ0) is 18.3. The van der Waals surface area contributed by atoms with E-state index >= 15 is 0 Å². The smallest absolute Gasteiger partial charge is 0.248 e. The molecule has 0 unspecified atom stereocenters. The van der Waals surface area contributed by atoms with Gasteiger partial charge < -0.3 is 10.5 Å². The standard InChI is InChI=1S/C19H16ClN5O/c1-11-7-13(8-12(2)16(11)20)26-19-17(21)18(22-9-23-19)25-10-24-14-5-3-4-6-15(14)25/h3-10H,21H2,1-2H3. The van der Waals surface area contributed by atoms with Gasteiger partial charge in [-0.3, -0.25) is 4.57 Å². The summed E-state index contributed by atoms with van der Waals surface area (Å²) < 4.78 is 7.73. The topological polar surface area (TPSA) is 78.9 Å². The molecule has 2 heterocycles. The molecule has 2 aromatic carbocycles. The first-order chi connectivity index (χ1) is 12.5. The molecule has 0 fully saturated rings. The van der Waals surface area contributed by atoms with E-state index in [1.54, 1.807) is 6.33 Å². The molecule has 0 saturated heterocycles. The maximum absolute atomic E-state index is 6.29. The predicted octanol–water partition coefficient (Wildman–Crippen LogP) is 4.46. The van der Waals surface area contributed by atoms with Gasteiger partial charge >= 0.3 is 0 Å². The van der Waals surface area contributed by atoms with Gasteiger partial charge in [-0.05, 0) is 49.2 Å². The van der Waals surface area contributed by atoms with E-state index in [2.05, 4.69) is 15.0 Å². The van der Waals surface area contributed by atoms with Crippen molar-refractivity contribution in [2.45, 2.75) is 13.8 Å². The van der Waals surface area contributed by atoms with E-state index in [1.165, 1.54) is 6.33 Å². The van der Waals surface area contributed by atoms with Crippen molar-refractivity contribution >= 4 is 28.3 Å². The van der Waals surface area contributed by atoms with Gasteiger partial charge in [-0.15, -0.1) is 0 Å². The molecule has 0 spiro atoms. The Morgan fingerprint density at radius 1 is 1.04 bits per heavy atom. The van der Waals surface area contributed by atoms with Crippen LogP contribution in [0.4, 0.5) is 5.69 Å². The summed E-state index contributed by atoms with van der Waals surface area (Å²) in [6.45, 7) is 3.85. The van der Waals surface area contributed by atoms with Crippen LogP contribution < -0.4 is 10.5 Å². The van der Waals surface area contributed by atoms with E-state index < -0.39 is 0 Å².